The summed E-state index contributed by atoms with van der Waals surface area (Å²) in [4.78, 5) is 93.7. The quantitative estimate of drug-likeness (QED) is 0.0307. The predicted molar refractivity (Wildman–Crippen MR) is 293 cm³/mol. The number of aliphatic carboxylic acids is 1. The van der Waals surface area contributed by atoms with Crippen LogP contribution in [0.3, 0.4) is 0 Å². The minimum Gasteiger partial charge on any atom is -0.542 e. The molecule has 2 aromatic carbocycles. The van der Waals surface area contributed by atoms with E-state index in [0.717, 1.165) is 28.9 Å². The van der Waals surface area contributed by atoms with E-state index in [4.69, 9.17) is 19.6 Å². The van der Waals surface area contributed by atoms with Crippen molar-refractivity contribution < 1.29 is 74.2 Å². The number of amides is 6. The largest absolute Gasteiger partial charge is 0.542 e. The number of carbonyl (C=O) groups is 7. The fraction of sp³-hybridized carbons (Fsp3) is 0.500. The zero-order valence-electron chi connectivity index (χ0n) is 47.7. The number of anilines is 3. The van der Waals surface area contributed by atoms with Crippen molar-refractivity contribution in [2.45, 2.75) is 129 Å². The molecule has 0 aliphatic carbocycles. The Hall–Kier alpha value is -8.25. The van der Waals surface area contributed by atoms with Crippen LogP contribution in [0.15, 0.2) is 67.0 Å². The van der Waals surface area contributed by atoms with Crippen molar-refractivity contribution in [3.05, 3.63) is 106 Å². The van der Waals surface area contributed by atoms with E-state index in [9.17, 15) is 47.2 Å². The third kappa shape index (κ3) is 16.3. The number of imide groups is 1. The van der Waals surface area contributed by atoms with Gasteiger partial charge >= 0.3 is 12.4 Å². The van der Waals surface area contributed by atoms with E-state index in [1.165, 1.54) is 23.1 Å². The van der Waals surface area contributed by atoms with E-state index in [-0.39, 0.29) is 85.5 Å². The molecule has 4 aromatic rings. The Balaban J connectivity index is 0.00000139. The Bertz CT molecular complexity index is 3190. The molecule has 2 fully saturated rings. The number of unbranched alkanes of at least 4 members (excludes halogenated alkanes) is 2. The van der Waals surface area contributed by atoms with Crippen LogP contribution in [-0.4, -0.2) is 128 Å². The van der Waals surface area contributed by atoms with Crippen molar-refractivity contribution in [3.63, 3.8) is 0 Å². The Morgan fingerprint density at radius 2 is 1.60 bits per heavy atom. The molecule has 6 amide bonds. The molecule has 2 aromatic heterocycles. The van der Waals surface area contributed by atoms with Gasteiger partial charge in [-0.15, -0.1) is 10.2 Å². The number of hydrogen-bond donors (Lipinski definition) is 4. The van der Waals surface area contributed by atoms with Crippen LogP contribution in [0.5, 0.6) is 0 Å². The number of alkyl halides is 6. The lowest BCUT2D eigenvalue weighted by molar-refractivity contribution is -0.960. The number of benzene rings is 2. The molecule has 6 heterocycles. The minimum atomic E-state index is -5.19. The van der Waals surface area contributed by atoms with Gasteiger partial charge in [-0.25, -0.2) is 4.98 Å². The van der Waals surface area contributed by atoms with Crippen LogP contribution >= 0.6 is 0 Å². The zero-order valence-corrected chi connectivity index (χ0v) is 47.7. The topological polar surface area (TPSA) is 274 Å². The molecule has 2 saturated heterocycles. The molecule has 4 atom stereocenters. The molecular formula is C58H68F6N12O9. The lowest BCUT2D eigenvalue weighted by atomic mass is 9.75. The molecule has 0 radical (unpaired) electrons. The second kappa shape index (κ2) is 27.2. The van der Waals surface area contributed by atoms with Gasteiger partial charge in [-0.05, 0) is 86.1 Å². The number of hydrogen-bond acceptors (Lipinski definition) is 14. The number of nitriles is 1. The van der Waals surface area contributed by atoms with E-state index in [1.54, 1.807) is 51.4 Å². The molecule has 3 unspecified atom stereocenters. The van der Waals surface area contributed by atoms with Crippen molar-refractivity contribution >= 4 is 58.7 Å². The van der Waals surface area contributed by atoms with E-state index in [1.807, 2.05) is 29.8 Å². The highest BCUT2D eigenvalue weighted by Crippen LogP contribution is 2.43. The van der Waals surface area contributed by atoms with E-state index in [2.05, 4.69) is 44.5 Å². The Morgan fingerprint density at radius 1 is 0.918 bits per heavy atom. The first-order valence-electron chi connectivity index (χ1n) is 27.9. The highest BCUT2D eigenvalue weighted by atomic mass is 19.4. The first-order valence-corrected chi connectivity index (χ1v) is 27.9. The number of rotatable bonds is 23. The first kappa shape index (κ1) is 64.3. The van der Waals surface area contributed by atoms with Crippen LogP contribution < -0.4 is 31.3 Å². The lowest BCUT2D eigenvalue weighted by Gasteiger charge is -2.44. The zero-order chi connectivity index (χ0) is 62.0. The van der Waals surface area contributed by atoms with Crippen LogP contribution in [0.25, 0.3) is 0 Å². The number of likely N-dealkylation sites (tertiary alicyclic amines) is 1. The lowest BCUT2D eigenvalue weighted by Crippen LogP contribution is -2.53. The van der Waals surface area contributed by atoms with Gasteiger partial charge in [-0.2, -0.15) is 31.6 Å². The van der Waals surface area contributed by atoms with Crippen molar-refractivity contribution in [1.82, 2.24) is 35.3 Å². The monoisotopic (exact) mass is 1190 g/mol. The number of fused-ring (bicyclic) bond motifs is 1. The molecule has 0 saturated carbocycles. The number of aryl methyl sites for hydroxylation is 1. The highest BCUT2D eigenvalue weighted by molar-refractivity contribution is 6.13. The number of pyridine rings is 1. The summed E-state index contributed by atoms with van der Waals surface area (Å²) < 4.78 is 85.3. The third-order valence-corrected chi connectivity index (χ3v) is 15.4. The van der Waals surface area contributed by atoms with Gasteiger partial charge in [0.15, 0.2) is 0 Å². The number of halogens is 6. The van der Waals surface area contributed by atoms with E-state index >= 15 is 13.2 Å². The van der Waals surface area contributed by atoms with Crippen molar-refractivity contribution in [2.75, 3.05) is 54.9 Å². The molecule has 4 aliphatic rings. The fourth-order valence-corrected chi connectivity index (χ4v) is 11.0. The molecule has 0 bridgehead atoms. The molecule has 456 valence electrons. The van der Waals surface area contributed by atoms with E-state index < -0.39 is 59.1 Å². The van der Waals surface area contributed by atoms with Crippen LogP contribution in [0.4, 0.5) is 43.7 Å². The highest BCUT2D eigenvalue weighted by Gasteiger charge is 2.45. The van der Waals surface area contributed by atoms with E-state index in [0.29, 0.717) is 85.9 Å². The second-order valence-corrected chi connectivity index (χ2v) is 22.6. The molecule has 21 nitrogen and oxygen atoms in total. The van der Waals surface area contributed by atoms with Crippen LogP contribution in [-0.2, 0) is 78.2 Å². The van der Waals surface area contributed by atoms with Gasteiger partial charge in [0.05, 0.1) is 50.9 Å². The normalized spacial score (nSPS) is 18.9. The smallest absolute Gasteiger partial charge is 0.430 e. The number of aromatic nitrogens is 4. The summed E-state index contributed by atoms with van der Waals surface area (Å²) in [6.45, 7) is 10.2. The Morgan fingerprint density at radius 3 is 2.19 bits per heavy atom. The summed E-state index contributed by atoms with van der Waals surface area (Å²) in [6, 6.07) is 13.8. The number of ether oxygens (including phenoxy) is 1. The van der Waals surface area contributed by atoms with Crippen molar-refractivity contribution in [2.24, 2.45) is 18.9 Å². The summed E-state index contributed by atoms with van der Waals surface area (Å²) in [6.07, 6.45) is -1.69. The van der Waals surface area contributed by atoms with Crippen LogP contribution in [0, 0.1) is 23.2 Å². The average Bonchev–Trinajstić information content (AvgIpc) is 2.46. The van der Waals surface area contributed by atoms with Crippen LogP contribution in [0.1, 0.15) is 117 Å². The van der Waals surface area contributed by atoms with Gasteiger partial charge < -0.3 is 45.0 Å². The first-order chi connectivity index (χ1) is 40.1. The maximum absolute atomic E-state index is 15.3. The summed E-state index contributed by atoms with van der Waals surface area (Å²) in [7, 11) is 1.84. The van der Waals surface area contributed by atoms with Gasteiger partial charge in [0.25, 0.3) is 17.7 Å². The van der Waals surface area contributed by atoms with Gasteiger partial charge in [-0.1, -0.05) is 39.3 Å². The summed E-state index contributed by atoms with van der Waals surface area (Å²) >= 11 is 0. The molecule has 4 aliphatic heterocycles. The van der Waals surface area contributed by atoms with Crippen molar-refractivity contribution in [1.29, 1.82) is 5.26 Å². The van der Waals surface area contributed by atoms with Gasteiger partial charge in [0.2, 0.25) is 17.7 Å². The predicted octanol–water partition coefficient (Wildman–Crippen LogP) is 5.54. The van der Waals surface area contributed by atoms with Crippen LogP contribution in [0.2, 0.25) is 0 Å². The standard InChI is InChI=1S/C56H67F3N12O7.C2HF3O2/c1-35(2)51(66-48(72)12-7-6-8-21-69-49(73)17-18-50(69)74)53(76)63-37(4)52(75)64-41-15-13-38(14-16-41)30-71(22-9-11-36(3)29-71)31-39-23-42-43(44(24-39)56(57,58)59)28-70(54(42)77)46-26-40(25-45(65-46)61-20-10-19-60)55(32-78-33-55)27-47-67-62-34-68(47)5;3-2(4,5)1(6)7/h13-18,23-26,34-37,51H,6-12,20-22,27-33H2,1-5H3,(H3-,61,63,64,65,66,72,75,76);(H,6,7)/t36-,37?,51?,71?;/m0./s1. The third-order valence-electron chi connectivity index (χ3n) is 15.4. The van der Waals surface area contributed by atoms with Gasteiger partial charge in [-0.3, -0.25) is 38.6 Å². The fourth-order valence-electron chi connectivity index (χ4n) is 11.0. The number of carboxylic acids is 1. The van der Waals surface area contributed by atoms with Gasteiger partial charge in [0.1, 0.15) is 54.9 Å². The molecule has 4 N–H and O–H groups in total. The van der Waals surface area contributed by atoms with Crippen molar-refractivity contribution in [3.8, 4) is 6.07 Å². The number of carboxylic acid groups (broad SMARTS) is 1. The number of nitrogens with zero attached hydrogens (tertiary/aromatic N) is 8. The molecule has 8 rings (SSSR count). The van der Waals surface area contributed by atoms with Gasteiger partial charge in [0, 0.05) is 78.8 Å². The second-order valence-electron chi connectivity index (χ2n) is 22.6. The molecule has 27 heteroatoms. The maximum Gasteiger partial charge on any atom is 0.430 e. The summed E-state index contributed by atoms with van der Waals surface area (Å²) in [5, 5.41) is 37.8. The number of carbonyl (C=O) groups excluding carboxylic acids is 7. The SMILES string of the molecule is CC(NC(=O)C(NC(=O)CCCCCN1C(=O)C=CC1=O)C(C)C)C(=O)Nc1ccc(C[N+]2(Cc3cc4c(c(C(F)(F)F)c3)CN(c3cc(C5(Cc6nncn6C)COC5)cc(NCCC#N)n3)C4=O)CCC[C@H](C)C2)cc1.O=C([O-])C(F)(F)F. The number of nitrogens with one attached hydrogen (secondary N) is 4. The Labute approximate surface area is 486 Å². The number of quaternary nitrogens is 1. The summed E-state index contributed by atoms with van der Waals surface area (Å²) in [5.74, 6) is -4.42. The maximum atomic E-state index is 15.3. The Kier molecular flexibility index (Phi) is 20.6. The average molecular weight is 1190 g/mol. The molecular weight excluding hydrogens is 1120 g/mol. The minimum absolute atomic E-state index is 0.0281. The number of piperidine rings is 1. The molecule has 85 heavy (non-hydrogen) atoms. The summed E-state index contributed by atoms with van der Waals surface area (Å²) in [5.41, 5.74) is 0.919. The molecule has 0 spiro atoms.